The minimum absolute atomic E-state index is 0.120. The summed E-state index contributed by atoms with van der Waals surface area (Å²) in [4.78, 5) is 23.0. The smallest absolute Gasteiger partial charge is 0.237 e. The van der Waals surface area contributed by atoms with Crippen LogP contribution in [0.5, 0.6) is 0 Å². The number of allylic oxidation sites excluding steroid dienone is 1. The van der Waals surface area contributed by atoms with E-state index >= 15 is 0 Å². The van der Waals surface area contributed by atoms with E-state index in [1.807, 2.05) is 60.7 Å². The van der Waals surface area contributed by atoms with Crippen LogP contribution in [0, 0.1) is 0 Å². The highest BCUT2D eigenvalue weighted by Gasteiger charge is 2.09. The highest BCUT2D eigenvalue weighted by molar-refractivity contribution is 6.15. The number of aryl methyl sites for hydroxylation is 1. The predicted octanol–water partition coefficient (Wildman–Crippen LogP) is 3.77. The molecule has 2 rings (SSSR count). The molecule has 0 N–H and O–H groups in total. The number of carbonyl (C=O) groups is 1. The molecule has 2 nitrogen and oxygen atoms in total. The summed E-state index contributed by atoms with van der Waals surface area (Å²) in [5.74, 6) is -0.148. The van der Waals surface area contributed by atoms with Crippen LogP contribution in [-0.2, 0) is 16.0 Å². The second-order valence-corrected chi connectivity index (χ2v) is 4.83. The van der Waals surface area contributed by atoms with Crippen molar-refractivity contribution < 1.29 is 9.59 Å². The van der Waals surface area contributed by atoms with E-state index in [2.05, 4.69) is 0 Å². The molecule has 0 aliphatic rings. The monoisotopic (exact) mass is 277 g/mol. The van der Waals surface area contributed by atoms with Gasteiger partial charge in [-0.1, -0.05) is 60.7 Å². The van der Waals surface area contributed by atoms with Crippen LogP contribution in [-0.4, -0.2) is 12.1 Å². The van der Waals surface area contributed by atoms with Crippen LogP contribution in [0.1, 0.15) is 24.0 Å². The van der Waals surface area contributed by atoms with Crippen molar-refractivity contribution in [1.82, 2.24) is 0 Å². The van der Waals surface area contributed by atoms with Crippen LogP contribution < -0.4 is 0 Å². The summed E-state index contributed by atoms with van der Waals surface area (Å²) in [5, 5.41) is 0. The Hall–Kier alpha value is -2.48. The van der Waals surface area contributed by atoms with Gasteiger partial charge in [-0.3, -0.25) is 9.59 Å². The second-order valence-electron chi connectivity index (χ2n) is 4.83. The first-order valence-electron chi connectivity index (χ1n) is 7.01. The SMILES string of the molecule is O=[C]C(=Cc1ccccc1)C(=O)CCCc1ccccc1. The summed E-state index contributed by atoms with van der Waals surface area (Å²) >= 11 is 0. The van der Waals surface area contributed by atoms with Gasteiger partial charge in [-0.05, 0) is 30.0 Å². The molecule has 0 saturated heterocycles. The third-order valence-electron chi connectivity index (χ3n) is 3.23. The molecule has 0 atom stereocenters. The Bertz CT molecular complexity index is 613. The zero-order valence-corrected chi connectivity index (χ0v) is 11.8. The van der Waals surface area contributed by atoms with Crippen LogP contribution in [0.15, 0.2) is 66.2 Å². The standard InChI is InChI=1S/C19H17O2/c20-15-18(14-17-10-5-2-6-11-17)19(21)13-7-12-16-8-3-1-4-9-16/h1-6,8-11,14H,7,12-13H2. The maximum atomic E-state index is 12.0. The van der Waals surface area contributed by atoms with Crippen molar-refractivity contribution in [3.05, 3.63) is 77.4 Å². The maximum Gasteiger partial charge on any atom is 0.237 e. The molecule has 1 radical (unpaired) electrons. The number of benzene rings is 2. The normalized spacial score (nSPS) is 11.1. The fourth-order valence-electron chi connectivity index (χ4n) is 2.12. The first-order chi connectivity index (χ1) is 10.3. The van der Waals surface area contributed by atoms with Gasteiger partial charge in [0.1, 0.15) is 0 Å². The van der Waals surface area contributed by atoms with Crippen LogP contribution >= 0.6 is 0 Å². The highest BCUT2D eigenvalue weighted by atomic mass is 16.1. The van der Waals surface area contributed by atoms with E-state index in [4.69, 9.17) is 0 Å². The van der Waals surface area contributed by atoms with Crippen molar-refractivity contribution >= 4 is 18.1 Å². The Morgan fingerprint density at radius 2 is 1.57 bits per heavy atom. The van der Waals surface area contributed by atoms with E-state index in [0.29, 0.717) is 6.42 Å². The third-order valence-corrected chi connectivity index (χ3v) is 3.23. The van der Waals surface area contributed by atoms with Gasteiger partial charge >= 0.3 is 0 Å². The van der Waals surface area contributed by atoms with Crippen molar-refractivity contribution in [2.75, 3.05) is 0 Å². The number of hydrogen-bond donors (Lipinski definition) is 0. The van der Waals surface area contributed by atoms with Crippen LogP contribution in [0.25, 0.3) is 6.08 Å². The molecule has 0 fully saturated rings. The molecule has 0 bridgehead atoms. The van der Waals surface area contributed by atoms with E-state index in [1.165, 1.54) is 5.56 Å². The molecule has 21 heavy (non-hydrogen) atoms. The lowest BCUT2D eigenvalue weighted by Gasteiger charge is -2.01. The van der Waals surface area contributed by atoms with E-state index in [-0.39, 0.29) is 11.4 Å². The molecule has 0 spiro atoms. The van der Waals surface area contributed by atoms with Gasteiger partial charge in [-0.25, -0.2) is 0 Å². The minimum Gasteiger partial charge on any atom is -0.294 e. The number of carbonyl (C=O) groups excluding carboxylic acids is 2. The molecular formula is C19H17O2. The van der Waals surface area contributed by atoms with Crippen molar-refractivity contribution in [2.45, 2.75) is 19.3 Å². The number of ketones is 1. The second kappa shape index (κ2) is 7.95. The molecule has 0 saturated carbocycles. The first-order valence-corrected chi connectivity index (χ1v) is 7.01. The van der Waals surface area contributed by atoms with Gasteiger partial charge in [0.15, 0.2) is 5.78 Å². The van der Waals surface area contributed by atoms with Crippen LogP contribution in [0.4, 0.5) is 0 Å². The Balaban J connectivity index is 1.92. The number of rotatable bonds is 7. The predicted molar refractivity (Wildman–Crippen MR) is 84.5 cm³/mol. The molecule has 2 aromatic rings. The lowest BCUT2D eigenvalue weighted by atomic mass is 10.0. The average Bonchev–Trinajstić information content (AvgIpc) is 2.54. The zero-order chi connectivity index (χ0) is 14.9. The Morgan fingerprint density at radius 1 is 0.952 bits per heavy atom. The molecule has 0 heterocycles. The van der Waals surface area contributed by atoms with Gasteiger partial charge in [0.25, 0.3) is 0 Å². The van der Waals surface area contributed by atoms with E-state index in [1.54, 1.807) is 12.4 Å². The minimum atomic E-state index is -0.148. The summed E-state index contributed by atoms with van der Waals surface area (Å²) in [6, 6.07) is 19.4. The van der Waals surface area contributed by atoms with Gasteiger partial charge in [0, 0.05) is 6.42 Å². The zero-order valence-electron chi connectivity index (χ0n) is 11.8. The summed E-state index contributed by atoms with van der Waals surface area (Å²) < 4.78 is 0. The van der Waals surface area contributed by atoms with Gasteiger partial charge in [0.05, 0.1) is 5.57 Å². The van der Waals surface area contributed by atoms with Gasteiger partial charge in [0.2, 0.25) is 6.29 Å². The van der Waals surface area contributed by atoms with Gasteiger partial charge < -0.3 is 0 Å². The van der Waals surface area contributed by atoms with Gasteiger partial charge in [-0.15, -0.1) is 0 Å². The molecular weight excluding hydrogens is 260 g/mol. The average molecular weight is 277 g/mol. The molecule has 2 heteroatoms. The summed E-state index contributed by atoms with van der Waals surface area (Å²) in [5.41, 5.74) is 2.16. The lowest BCUT2D eigenvalue weighted by Crippen LogP contribution is -2.04. The third kappa shape index (κ3) is 4.84. The summed E-state index contributed by atoms with van der Waals surface area (Å²) in [6.07, 6.45) is 5.29. The maximum absolute atomic E-state index is 12.0. The number of hydrogen-bond acceptors (Lipinski definition) is 2. The fourth-order valence-corrected chi connectivity index (χ4v) is 2.12. The van der Waals surface area contributed by atoms with E-state index < -0.39 is 0 Å². The Kier molecular flexibility index (Phi) is 5.65. The highest BCUT2D eigenvalue weighted by Crippen LogP contribution is 2.10. The summed E-state index contributed by atoms with van der Waals surface area (Å²) in [7, 11) is 0. The van der Waals surface area contributed by atoms with Crippen molar-refractivity contribution in [3.63, 3.8) is 0 Å². The topological polar surface area (TPSA) is 34.1 Å². The van der Waals surface area contributed by atoms with Crippen molar-refractivity contribution in [3.8, 4) is 0 Å². The Morgan fingerprint density at radius 3 is 2.19 bits per heavy atom. The van der Waals surface area contributed by atoms with Crippen LogP contribution in [0.3, 0.4) is 0 Å². The fraction of sp³-hybridized carbons (Fsp3) is 0.158. The molecule has 105 valence electrons. The summed E-state index contributed by atoms with van der Waals surface area (Å²) in [6.45, 7) is 0. The van der Waals surface area contributed by atoms with Gasteiger partial charge in [-0.2, -0.15) is 0 Å². The van der Waals surface area contributed by atoms with Crippen molar-refractivity contribution in [2.24, 2.45) is 0 Å². The molecule has 0 aliphatic heterocycles. The molecule has 0 amide bonds. The van der Waals surface area contributed by atoms with Crippen LogP contribution in [0.2, 0.25) is 0 Å². The van der Waals surface area contributed by atoms with E-state index in [9.17, 15) is 9.59 Å². The van der Waals surface area contributed by atoms with E-state index in [0.717, 1.165) is 18.4 Å². The largest absolute Gasteiger partial charge is 0.294 e. The first kappa shape index (κ1) is 14.9. The molecule has 0 unspecified atom stereocenters. The quantitative estimate of drug-likeness (QED) is 0.438. The molecule has 0 aromatic heterocycles. The Labute approximate surface area is 125 Å². The van der Waals surface area contributed by atoms with Crippen molar-refractivity contribution in [1.29, 1.82) is 0 Å². The molecule has 2 aromatic carbocycles. The number of Topliss-reactive ketones (excluding diaryl/α,β-unsaturated/α-hetero) is 1. The molecule has 0 aliphatic carbocycles. The lowest BCUT2D eigenvalue weighted by molar-refractivity contribution is -0.115.